The number of hydrogen-bond acceptors (Lipinski definition) is 9. The maximum atomic E-state index is 15.0. The first-order valence-corrected chi connectivity index (χ1v) is 23.1. The molecular weight excluding hydrogens is 881 g/mol. The number of aliphatic hydroxyl groups excluding tert-OH is 1. The lowest BCUT2D eigenvalue weighted by Crippen LogP contribution is -2.44. The van der Waals surface area contributed by atoms with Gasteiger partial charge in [-0.3, -0.25) is 28.9 Å². The summed E-state index contributed by atoms with van der Waals surface area (Å²) < 4.78 is 14.2. The van der Waals surface area contributed by atoms with E-state index in [1.54, 1.807) is 93.0 Å². The summed E-state index contributed by atoms with van der Waals surface area (Å²) in [5.41, 5.74) is 4.06. The van der Waals surface area contributed by atoms with Crippen LogP contribution in [-0.4, -0.2) is 49.5 Å². The Morgan fingerprint density at radius 1 is 0.643 bits per heavy atom. The third-order valence-corrected chi connectivity index (χ3v) is 13.2. The lowest BCUT2D eigenvalue weighted by atomic mass is 9.82. The zero-order valence-corrected chi connectivity index (χ0v) is 38.0. The third kappa shape index (κ3) is 7.67. The zero-order chi connectivity index (χ0) is 47.9. The van der Waals surface area contributed by atoms with Crippen molar-refractivity contribution in [1.82, 2.24) is 15.0 Å². The van der Waals surface area contributed by atoms with Gasteiger partial charge in [0, 0.05) is 35.6 Å². The van der Waals surface area contributed by atoms with Gasteiger partial charge in [0.15, 0.2) is 17.1 Å². The van der Waals surface area contributed by atoms with E-state index in [0.717, 1.165) is 11.1 Å². The summed E-state index contributed by atoms with van der Waals surface area (Å²) in [6.45, 7) is 2.25. The number of benzene rings is 7. The number of rotatable bonds is 12. The number of aliphatic hydroxyl groups is 2. The highest BCUT2D eigenvalue weighted by Gasteiger charge is 2.53. The second-order valence-corrected chi connectivity index (χ2v) is 17.5. The molecule has 13 heteroatoms. The summed E-state index contributed by atoms with van der Waals surface area (Å²) in [5.74, 6) is -0.256. The number of para-hydroxylation sites is 6. The Balaban J connectivity index is 0.915. The van der Waals surface area contributed by atoms with Crippen molar-refractivity contribution in [3.05, 3.63) is 222 Å². The van der Waals surface area contributed by atoms with Gasteiger partial charge in [0.1, 0.15) is 11.5 Å². The van der Waals surface area contributed by atoms with Crippen molar-refractivity contribution in [3.63, 3.8) is 0 Å². The predicted molar refractivity (Wildman–Crippen MR) is 265 cm³/mol. The van der Waals surface area contributed by atoms with Gasteiger partial charge in [0.05, 0.1) is 53.0 Å². The highest BCUT2D eigenvalue weighted by Crippen LogP contribution is 2.50. The molecule has 8 aromatic rings. The van der Waals surface area contributed by atoms with Crippen molar-refractivity contribution in [3.8, 4) is 23.0 Å². The molecule has 3 aliphatic heterocycles. The Kier molecular flexibility index (Phi) is 11.4. The number of aromatic nitrogens is 3. The molecule has 3 amide bonds. The molecule has 0 bridgehead atoms. The van der Waals surface area contributed by atoms with E-state index >= 15 is 4.79 Å². The topological polar surface area (TPSA) is 151 Å². The number of aryl methyl sites for hydroxylation is 1. The molecule has 346 valence electrons. The molecule has 7 aromatic carbocycles. The van der Waals surface area contributed by atoms with E-state index in [1.807, 2.05) is 121 Å². The molecular formula is C57H46N6O7. The molecule has 0 fully saturated rings. The van der Waals surface area contributed by atoms with E-state index in [1.165, 1.54) is 0 Å². The van der Waals surface area contributed by atoms with Gasteiger partial charge >= 0.3 is 0 Å². The molecule has 2 N–H and O–H groups in total. The van der Waals surface area contributed by atoms with E-state index in [-0.39, 0.29) is 30.9 Å². The van der Waals surface area contributed by atoms with Crippen LogP contribution in [0.1, 0.15) is 62.4 Å². The Labute approximate surface area is 403 Å². The van der Waals surface area contributed by atoms with Crippen molar-refractivity contribution in [2.24, 2.45) is 5.92 Å². The molecule has 3 atom stereocenters. The Morgan fingerprint density at radius 2 is 1.20 bits per heavy atom. The smallest absolute Gasteiger partial charge is 0.266 e. The van der Waals surface area contributed by atoms with Gasteiger partial charge in [-0.05, 0) is 96.4 Å². The van der Waals surface area contributed by atoms with Gasteiger partial charge < -0.3 is 24.6 Å². The molecule has 0 spiro atoms. The minimum absolute atomic E-state index is 0.0970. The SMILES string of the molecule is C[C@@H](/C=C/CCn1cc(C(CO)c2ccccc2)nn1)[C@]1(O)C(=O)N(Cc2ccc(N3C(=O)c4ccccc4Oc4ccccc43)cc2)c2ccc(N3C(=O)c4ccccc4Oc4ccccc43)cc21. The zero-order valence-electron chi connectivity index (χ0n) is 38.0. The quantitative estimate of drug-likeness (QED) is 0.114. The summed E-state index contributed by atoms with van der Waals surface area (Å²) in [6.07, 6.45) is 6.08. The first kappa shape index (κ1) is 43.9. The number of fused-ring (bicyclic) bond motifs is 5. The van der Waals surface area contributed by atoms with Gasteiger partial charge in [0.2, 0.25) is 0 Å². The minimum Gasteiger partial charge on any atom is -0.454 e. The fraction of sp³-hybridized carbons (Fsp3) is 0.140. The number of ether oxygens (including phenoxy) is 2. The fourth-order valence-corrected chi connectivity index (χ4v) is 9.58. The van der Waals surface area contributed by atoms with Crippen molar-refractivity contribution in [2.75, 3.05) is 21.3 Å². The number of hydrogen-bond donors (Lipinski definition) is 2. The molecule has 4 heterocycles. The largest absolute Gasteiger partial charge is 0.454 e. The number of nitrogens with zero attached hydrogens (tertiary/aromatic N) is 6. The number of anilines is 5. The van der Waals surface area contributed by atoms with E-state index < -0.39 is 17.4 Å². The summed E-state index contributed by atoms with van der Waals surface area (Å²) in [4.78, 5) is 48.5. The van der Waals surface area contributed by atoms with E-state index in [0.29, 0.717) is 86.8 Å². The maximum Gasteiger partial charge on any atom is 0.266 e. The minimum atomic E-state index is -2.05. The normalized spacial score (nSPS) is 16.8. The highest BCUT2D eigenvalue weighted by molar-refractivity contribution is 6.16. The molecule has 1 aromatic heterocycles. The fourth-order valence-electron chi connectivity index (χ4n) is 9.58. The van der Waals surface area contributed by atoms with E-state index in [4.69, 9.17) is 9.47 Å². The van der Waals surface area contributed by atoms with Crippen LogP contribution in [0.25, 0.3) is 0 Å². The van der Waals surface area contributed by atoms with Gasteiger partial charge in [0.25, 0.3) is 17.7 Å². The third-order valence-electron chi connectivity index (χ3n) is 13.2. The molecule has 13 nitrogen and oxygen atoms in total. The van der Waals surface area contributed by atoms with Crippen LogP contribution in [0.3, 0.4) is 0 Å². The number of carbonyl (C=O) groups is 3. The first-order valence-electron chi connectivity index (χ1n) is 23.1. The molecule has 0 aliphatic carbocycles. The van der Waals surface area contributed by atoms with E-state index in [9.17, 15) is 19.8 Å². The summed E-state index contributed by atoms with van der Waals surface area (Å²) in [6, 6.07) is 51.2. The average Bonchev–Trinajstić information content (AvgIpc) is 3.86. The van der Waals surface area contributed by atoms with E-state index in [2.05, 4.69) is 10.3 Å². The van der Waals surface area contributed by atoms with Crippen LogP contribution >= 0.6 is 0 Å². The molecule has 1 unspecified atom stereocenters. The van der Waals surface area contributed by atoms with Crippen molar-refractivity contribution < 1.29 is 34.1 Å². The molecule has 0 saturated carbocycles. The van der Waals surface area contributed by atoms with Crippen LogP contribution in [0.15, 0.2) is 188 Å². The summed E-state index contributed by atoms with van der Waals surface area (Å²) in [7, 11) is 0. The van der Waals surface area contributed by atoms with Crippen LogP contribution in [0.2, 0.25) is 0 Å². The lowest BCUT2D eigenvalue weighted by Gasteiger charge is -2.28. The number of carbonyl (C=O) groups excluding carboxylic acids is 3. The maximum absolute atomic E-state index is 15.0. The first-order chi connectivity index (χ1) is 34.2. The molecule has 0 saturated heterocycles. The average molecular weight is 927 g/mol. The highest BCUT2D eigenvalue weighted by atomic mass is 16.5. The van der Waals surface area contributed by atoms with Crippen molar-refractivity contribution in [1.29, 1.82) is 0 Å². The lowest BCUT2D eigenvalue weighted by molar-refractivity contribution is -0.139. The molecule has 0 radical (unpaired) electrons. The number of allylic oxidation sites excluding steroid dienone is 1. The summed E-state index contributed by atoms with van der Waals surface area (Å²) in [5, 5.41) is 31.9. The van der Waals surface area contributed by atoms with Crippen LogP contribution in [-0.2, 0) is 23.5 Å². The monoisotopic (exact) mass is 926 g/mol. The van der Waals surface area contributed by atoms with Gasteiger partial charge in [-0.2, -0.15) is 0 Å². The summed E-state index contributed by atoms with van der Waals surface area (Å²) >= 11 is 0. The second-order valence-electron chi connectivity index (χ2n) is 17.5. The predicted octanol–water partition coefficient (Wildman–Crippen LogP) is 10.6. The second kappa shape index (κ2) is 18.1. The molecule has 70 heavy (non-hydrogen) atoms. The molecule has 11 rings (SSSR count). The Hall–Kier alpha value is -8.65. The van der Waals surface area contributed by atoms with Crippen LogP contribution in [0, 0.1) is 5.92 Å². The molecule has 3 aliphatic rings. The Bertz CT molecular complexity index is 3340. The van der Waals surface area contributed by atoms with Crippen LogP contribution in [0.5, 0.6) is 23.0 Å². The van der Waals surface area contributed by atoms with Gasteiger partial charge in [-0.1, -0.05) is 115 Å². The Morgan fingerprint density at radius 3 is 1.83 bits per heavy atom. The van der Waals surface area contributed by atoms with Gasteiger partial charge in [-0.25, -0.2) is 0 Å². The van der Waals surface area contributed by atoms with Gasteiger partial charge in [-0.15, -0.1) is 5.10 Å². The van der Waals surface area contributed by atoms with Crippen LogP contribution < -0.4 is 24.2 Å². The van der Waals surface area contributed by atoms with Crippen LogP contribution in [0.4, 0.5) is 28.4 Å². The standard InChI is InChI=1S/C57H46N6O7/c1-37(15-13-14-32-60-35-46(58-59-60)44(36-64)39-16-3-2-4-17-39)57(68)45-33-41(63-49-21-8-12-25-53(49)70-51-23-10-6-19-43(51)55(63)66)30-31-47(45)61(56(57)67)34-38-26-28-40(29-27-38)62-48-20-7-11-24-52(48)69-50-22-9-5-18-42(50)54(62)65/h2-13,15-31,33,35,37,44,64,68H,14,32,34,36H2,1H3/b15-13+/t37-,44?,57+/m0/s1. The van der Waals surface area contributed by atoms with Crippen molar-refractivity contribution >= 4 is 46.2 Å². The number of amides is 3. The van der Waals surface area contributed by atoms with Crippen molar-refractivity contribution in [2.45, 2.75) is 38.0 Å².